The fourth-order valence-electron chi connectivity index (χ4n) is 2.69. The zero-order valence-electron chi connectivity index (χ0n) is 19.5. The van der Waals surface area contributed by atoms with Crippen LogP contribution in [0.25, 0.3) is 0 Å². The van der Waals surface area contributed by atoms with Gasteiger partial charge in [0.05, 0.1) is 6.10 Å². The molecular weight excluding hydrogens is 507 g/mol. The average Bonchev–Trinajstić information content (AvgIpc) is 3.46. The van der Waals surface area contributed by atoms with E-state index >= 15 is 0 Å². The summed E-state index contributed by atoms with van der Waals surface area (Å²) in [7, 11) is 0. The number of carbonyl (C=O) groups is 1. The molecule has 0 unspecified atom stereocenters. The molecule has 0 saturated heterocycles. The highest BCUT2D eigenvalue weighted by molar-refractivity contribution is 14.0. The maximum absolute atomic E-state index is 12.1. The molecule has 176 valence electrons. The number of amides is 1. The summed E-state index contributed by atoms with van der Waals surface area (Å²) in [6.45, 7) is 12.2. The molecule has 0 bridgehead atoms. The third-order valence-corrected chi connectivity index (χ3v) is 4.19. The molecule has 0 aliphatic heterocycles. The number of benzene rings is 1. The number of hydrogen-bond donors (Lipinski definition) is 3. The molecule has 3 N–H and O–H groups in total. The van der Waals surface area contributed by atoms with Gasteiger partial charge in [0, 0.05) is 31.0 Å². The van der Waals surface area contributed by atoms with Gasteiger partial charge in [-0.2, -0.15) is 0 Å². The second-order valence-electron chi connectivity index (χ2n) is 9.08. The van der Waals surface area contributed by atoms with Crippen molar-refractivity contribution in [1.29, 1.82) is 0 Å². The Bertz CT molecular complexity index is 683. The molecule has 1 aliphatic carbocycles. The van der Waals surface area contributed by atoms with Gasteiger partial charge in [0.2, 0.25) is 5.91 Å². The van der Waals surface area contributed by atoms with Crippen LogP contribution in [0.2, 0.25) is 0 Å². The molecule has 1 amide bonds. The predicted molar refractivity (Wildman–Crippen MR) is 138 cm³/mol. The van der Waals surface area contributed by atoms with Gasteiger partial charge in [0.15, 0.2) is 5.96 Å². The summed E-state index contributed by atoms with van der Waals surface area (Å²) in [5.74, 6) is 2.05. The molecule has 2 rings (SSSR count). The number of nitrogens with zero attached hydrogens (tertiary/aromatic N) is 1. The van der Waals surface area contributed by atoms with Crippen molar-refractivity contribution in [3.05, 3.63) is 24.3 Å². The quantitative estimate of drug-likeness (QED) is 0.168. The summed E-state index contributed by atoms with van der Waals surface area (Å²) < 4.78 is 11.4. The lowest BCUT2D eigenvalue weighted by Crippen LogP contribution is -2.42. The highest BCUT2D eigenvalue weighted by Crippen LogP contribution is 2.28. The minimum atomic E-state index is -0.279. The van der Waals surface area contributed by atoms with Gasteiger partial charge in [0.1, 0.15) is 12.3 Å². The largest absolute Gasteiger partial charge is 0.491 e. The molecule has 31 heavy (non-hydrogen) atoms. The van der Waals surface area contributed by atoms with Gasteiger partial charge in [-0.3, -0.25) is 4.79 Å². The van der Waals surface area contributed by atoms with Crippen molar-refractivity contribution in [3.63, 3.8) is 0 Å². The molecule has 0 atom stereocenters. The van der Waals surface area contributed by atoms with Crippen molar-refractivity contribution < 1.29 is 14.3 Å². The van der Waals surface area contributed by atoms with Crippen molar-refractivity contribution in [2.24, 2.45) is 10.9 Å². The second kappa shape index (κ2) is 13.8. The van der Waals surface area contributed by atoms with Crippen molar-refractivity contribution >= 4 is 41.5 Å². The van der Waals surface area contributed by atoms with Gasteiger partial charge in [-0.25, -0.2) is 4.99 Å². The Hall–Kier alpha value is -1.55. The smallest absolute Gasteiger partial charge is 0.242 e. The molecule has 0 radical (unpaired) electrons. The third kappa shape index (κ3) is 13.5. The molecule has 0 spiro atoms. The van der Waals surface area contributed by atoms with Crippen LogP contribution in [0.4, 0.5) is 5.69 Å². The Morgan fingerprint density at radius 1 is 1.19 bits per heavy atom. The van der Waals surface area contributed by atoms with Crippen LogP contribution in [-0.2, 0) is 9.53 Å². The van der Waals surface area contributed by atoms with Crippen molar-refractivity contribution in [2.45, 2.75) is 65.5 Å². The second-order valence-corrected chi connectivity index (χ2v) is 9.08. The van der Waals surface area contributed by atoms with E-state index in [1.807, 2.05) is 58.9 Å². The van der Waals surface area contributed by atoms with Gasteiger partial charge in [0.25, 0.3) is 0 Å². The van der Waals surface area contributed by atoms with E-state index in [9.17, 15) is 4.79 Å². The zero-order valence-corrected chi connectivity index (χ0v) is 21.8. The zero-order chi connectivity index (χ0) is 22.0. The first-order chi connectivity index (χ1) is 14.2. The Morgan fingerprint density at radius 2 is 1.87 bits per heavy atom. The lowest BCUT2D eigenvalue weighted by molar-refractivity contribution is -0.121. The van der Waals surface area contributed by atoms with Gasteiger partial charge < -0.3 is 25.4 Å². The van der Waals surface area contributed by atoms with Gasteiger partial charge in [-0.15, -0.1) is 24.0 Å². The fraction of sp³-hybridized carbons (Fsp3) is 0.652. The first-order valence-corrected chi connectivity index (χ1v) is 10.9. The maximum atomic E-state index is 12.1. The molecule has 1 aromatic rings. The molecule has 1 aromatic carbocycles. The predicted octanol–water partition coefficient (Wildman–Crippen LogP) is 4.18. The van der Waals surface area contributed by atoms with Crippen molar-refractivity contribution in [3.8, 4) is 5.75 Å². The number of guanidine groups is 1. The van der Waals surface area contributed by atoms with Crippen LogP contribution >= 0.6 is 24.0 Å². The molecular formula is C23H39IN4O3. The molecule has 1 saturated carbocycles. The highest BCUT2D eigenvalue weighted by Gasteiger charge is 2.20. The standard InChI is InChI=1S/C23H38N4O3.HI/c1-17(2)30-20-11-9-19(10-12-20)26-22(25-15-21(28)27-23(3,4)5)24-13-6-14-29-16-18-7-8-18;/h9-12,17-18H,6-8,13-16H2,1-5H3,(H,27,28)(H2,24,25,26);1H. The van der Waals surface area contributed by atoms with Crippen LogP contribution in [0, 0.1) is 5.92 Å². The molecule has 0 heterocycles. The summed E-state index contributed by atoms with van der Waals surface area (Å²) >= 11 is 0. The lowest BCUT2D eigenvalue weighted by atomic mass is 10.1. The minimum absolute atomic E-state index is 0. The summed E-state index contributed by atoms with van der Waals surface area (Å²) in [6, 6.07) is 7.70. The number of anilines is 1. The van der Waals surface area contributed by atoms with Crippen molar-refractivity contribution in [1.82, 2.24) is 10.6 Å². The maximum Gasteiger partial charge on any atom is 0.242 e. The topological polar surface area (TPSA) is 84.0 Å². The Labute approximate surface area is 204 Å². The summed E-state index contributed by atoms with van der Waals surface area (Å²) in [4.78, 5) is 16.6. The van der Waals surface area contributed by atoms with E-state index in [0.29, 0.717) is 12.5 Å². The van der Waals surface area contributed by atoms with Crippen LogP contribution in [-0.4, -0.2) is 49.8 Å². The summed E-state index contributed by atoms with van der Waals surface area (Å²) in [6.07, 6.45) is 3.61. The SMILES string of the molecule is CC(C)Oc1ccc(NC(=NCC(=O)NC(C)(C)C)NCCCOCC2CC2)cc1.I. The number of hydrogen-bond acceptors (Lipinski definition) is 4. The number of carbonyl (C=O) groups excluding carboxylic acids is 1. The highest BCUT2D eigenvalue weighted by atomic mass is 127. The van der Waals surface area contributed by atoms with Gasteiger partial charge in [-0.05, 0) is 84.1 Å². The molecule has 1 aliphatic rings. The average molecular weight is 546 g/mol. The van der Waals surface area contributed by atoms with E-state index < -0.39 is 0 Å². The summed E-state index contributed by atoms with van der Waals surface area (Å²) in [5, 5.41) is 9.47. The van der Waals surface area contributed by atoms with Crippen molar-refractivity contribution in [2.75, 3.05) is 31.6 Å². The number of halogens is 1. The number of nitrogens with one attached hydrogen (secondary N) is 3. The number of aliphatic imine (C=N–C) groups is 1. The first kappa shape index (κ1) is 27.5. The van der Waals surface area contributed by atoms with Gasteiger partial charge >= 0.3 is 0 Å². The Morgan fingerprint density at radius 3 is 2.45 bits per heavy atom. The summed E-state index contributed by atoms with van der Waals surface area (Å²) in [5.41, 5.74) is 0.595. The minimum Gasteiger partial charge on any atom is -0.491 e. The van der Waals surface area contributed by atoms with Gasteiger partial charge in [-0.1, -0.05) is 0 Å². The van der Waals surface area contributed by atoms with E-state index in [1.54, 1.807) is 0 Å². The van der Waals surface area contributed by atoms with E-state index in [-0.39, 0.29) is 48.1 Å². The van der Waals surface area contributed by atoms with E-state index in [2.05, 4.69) is 20.9 Å². The Kier molecular flexibility index (Phi) is 12.2. The van der Waals surface area contributed by atoms with Crippen LogP contribution in [0.3, 0.4) is 0 Å². The molecule has 8 heteroatoms. The third-order valence-electron chi connectivity index (χ3n) is 4.19. The molecule has 0 aromatic heterocycles. The monoisotopic (exact) mass is 546 g/mol. The first-order valence-electron chi connectivity index (χ1n) is 10.9. The van der Waals surface area contributed by atoms with Crippen LogP contribution in [0.5, 0.6) is 5.75 Å². The Balaban J connectivity index is 0.00000480. The van der Waals surface area contributed by atoms with E-state index in [4.69, 9.17) is 9.47 Å². The molecule has 7 nitrogen and oxygen atoms in total. The lowest BCUT2D eigenvalue weighted by Gasteiger charge is -2.20. The van der Waals surface area contributed by atoms with E-state index in [0.717, 1.165) is 37.0 Å². The number of rotatable bonds is 11. The van der Waals surface area contributed by atoms with Crippen LogP contribution in [0.1, 0.15) is 53.9 Å². The normalized spacial score (nSPS) is 14.1. The van der Waals surface area contributed by atoms with E-state index in [1.165, 1.54) is 12.8 Å². The fourth-order valence-corrected chi connectivity index (χ4v) is 2.69. The molecule has 1 fully saturated rings. The van der Waals surface area contributed by atoms with Crippen LogP contribution in [0.15, 0.2) is 29.3 Å². The number of ether oxygens (including phenoxy) is 2. The van der Waals surface area contributed by atoms with Crippen LogP contribution < -0.4 is 20.7 Å².